The highest BCUT2D eigenvalue weighted by molar-refractivity contribution is 5.84. The summed E-state index contributed by atoms with van der Waals surface area (Å²) < 4.78 is 51.7. The quantitative estimate of drug-likeness (QED) is 0.749. The molecule has 0 spiro atoms. The van der Waals surface area contributed by atoms with E-state index in [0.717, 1.165) is 37.8 Å². The van der Waals surface area contributed by atoms with Crippen molar-refractivity contribution in [1.82, 2.24) is 10.6 Å². The fourth-order valence-corrected chi connectivity index (χ4v) is 3.13. The molecule has 2 N–H and O–H groups in total. The summed E-state index contributed by atoms with van der Waals surface area (Å²) in [6.45, 7) is -0.694. The van der Waals surface area contributed by atoms with Crippen LogP contribution in [0.25, 0.3) is 0 Å². The van der Waals surface area contributed by atoms with Gasteiger partial charge in [-0.25, -0.2) is 4.39 Å². The number of hydrogen-bond acceptors (Lipinski definition) is 2. The van der Waals surface area contributed by atoms with Gasteiger partial charge in [-0.1, -0.05) is 25.3 Å². The Morgan fingerprint density at radius 3 is 2.38 bits per heavy atom. The third-order valence-electron chi connectivity index (χ3n) is 4.50. The molecule has 4 nitrogen and oxygen atoms in total. The van der Waals surface area contributed by atoms with Gasteiger partial charge in [-0.3, -0.25) is 9.59 Å². The van der Waals surface area contributed by atoms with Gasteiger partial charge >= 0.3 is 6.18 Å². The summed E-state index contributed by atoms with van der Waals surface area (Å²) in [5.74, 6) is -1.49. The highest BCUT2D eigenvalue weighted by atomic mass is 19.4. The van der Waals surface area contributed by atoms with E-state index in [4.69, 9.17) is 0 Å². The second-order valence-corrected chi connectivity index (χ2v) is 6.56. The lowest BCUT2D eigenvalue weighted by atomic mass is 9.87. The van der Waals surface area contributed by atoms with Crippen molar-refractivity contribution < 1.29 is 27.2 Å². The lowest BCUT2D eigenvalue weighted by Crippen LogP contribution is -2.37. The van der Waals surface area contributed by atoms with Crippen LogP contribution in [-0.4, -0.2) is 18.4 Å². The summed E-state index contributed by atoms with van der Waals surface area (Å²) in [4.78, 5) is 23.6. The second-order valence-electron chi connectivity index (χ2n) is 6.56. The highest BCUT2D eigenvalue weighted by Crippen LogP contribution is 2.32. The number of hydrogen-bond donors (Lipinski definition) is 2. The Morgan fingerprint density at radius 2 is 1.73 bits per heavy atom. The van der Waals surface area contributed by atoms with Gasteiger partial charge in [0.1, 0.15) is 5.82 Å². The van der Waals surface area contributed by atoms with E-state index >= 15 is 0 Å². The third-order valence-corrected chi connectivity index (χ3v) is 4.50. The molecule has 0 aromatic heterocycles. The molecule has 1 saturated carbocycles. The van der Waals surface area contributed by atoms with Gasteiger partial charge in [0, 0.05) is 13.0 Å². The monoisotopic (exact) mass is 374 g/mol. The summed E-state index contributed by atoms with van der Waals surface area (Å²) >= 11 is 0. The van der Waals surface area contributed by atoms with Gasteiger partial charge in [-0.2, -0.15) is 13.2 Å². The molecule has 0 radical (unpaired) electrons. The van der Waals surface area contributed by atoms with Crippen LogP contribution in [0.2, 0.25) is 0 Å². The van der Waals surface area contributed by atoms with Crippen LogP contribution in [0.5, 0.6) is 0 Å². The number of nitrogens with one attached hydrogen (secondary N) is 2. The molecule has 144 valence electrons. The number of rotatable bonds is 6. The third kappa shape index (κ3) is 6.31. The molecule has 2 rings (SSSR count). The van der Waals surface area contributed by atoms with Gasteiger partial charge in [0.25, 0.3) is 0 Å². The van der Waals surface area contributed by atoms with Crippen LogP contribution in [0, 0.1) is 11.7 Å². The Labute approximate surface area is 149 Å². The number of amides is 2. The highest BCUT2D eigenvalue weighted by Gasteiger charge is 2.33. The minimum atomic E-state index is -4.71. The van der Waals surface area contributed by atoms with Gasteiger partial charge in [0.2, 0.25) is 11.8 Å². The van der Waals surface area contributed by atoms with Crippen LogP contribution in [0.15, 0.2) is 18.2 Å². The van der Waals surface area contributed by atoms with Crippen LogP contribution >= 0.6 is 0 Å². The van der Waals surface area contributed by atoms with Crippen LogP contribution in [0.3, 0.4) is 0 Å². The smallest absolute Gasteiger partial charge is 0.350 e. The van der Waals surface area contributed by atoms with E-state index < -0.39 is 30.0 Å². The van der Waals surface area contributed by atoms with Crippen molar-refractivity contribution in [2.75, 3.05) is 6.54 Å². The molecule has 1 aromatic carbocycles. The SMILES string of the molecule is O=C(CNC(=O)CC1CCCCC1)NCc1ccc(F)cc1C(F)(F)F. The van der Waals surface area contributed by atoms with Crippen molar-refractivity contribution in [2.24, 2.45) is 5.92 Å². The van der Waals surface area contributed by atoms with E-state index in [1.807, 2.05) is 0 Å². The normalized spacial score (nSPS) is 15.5. The fourth-order valence-electron chi connectivity index (χ4n) is 3.13. The summed E-state index contributed by atoms with van der Waals surface area (Å²) in [6, 6.07) is 2.29. The molecular weight excluding hydrogens is 352 g/mol. The zero-order chi connectivity index (χ0) is 19.2. The lowest BCUT2D eigenvalue weighted by molar-refractivity contribution is -0.138. The topological polar surface area (TPSA) is 58.2 Å². The maximum Gasteiger partial charge on any atom is 0.416 e. The van der Waals surface area contributed by atoms with E-state index in [2.05, 4.69) is 10.6 Å². The summed E-state index contributed by atoms with van der Waals surface area (Å²) in [5, 5.41) is 4.80. The number of carbonyl (C=O) groups excluding carboxylic acids is 2. The fraction of sp³-hybridized carbons (Fsp3) is 0.556. The molecule has 0 saturated heterocycles. The first-order valence-electron chi connectivity index (χ1n) is 8.64. The molecule has 0 atom stereocenters. The molecule has 1 aromatic rings. The van der Waals surface area contributed by atoms with E-state index in [9.17, 15) is 27.2 Å². The first-order chi connectivity index (χ1) is 12.3. The number of alkyl halides is 3. The lowest BCUT2D eigenvalue weighted by Gasteiger charge is -2.20. The maximum atomic E-state index is 13.0. The first kappa shape index (κ1) is 20.2. The Bertz CT molecular complexity index is 641. The molecule has 1 aliphatic carbocycles. The Balaban J connectivity index is 1.79. The minimum absolute atomic E-state index is 0.232. The van der Waals surface area contributed by atoms with Crippen molar-refractivity contribution in [3.63, 3.8) is 0 Å². The molecule has 26 heavy (non-hydrogen) atoms. The van der Waals surface area contributed by atoms with Crippen LogP contribution in [-0.2, 0) is 22.3 Å². The molecule has 8 heteroatoms. The second kappa shape index (κ2) is 9.00. The minimum Gasteiger partial charge on any atom is -0.350 e. The van der Waals surface area contributed by atoms with Crippen molar-refractivity contribution in [1.29, 1.82) is 0 Å². The summed E-state index contributed by atoms with van der Waals surface area (Å²) in [7, 11) is 0. The molecular formula is C18H22F4N2O2. The van der Waals surface area contributed by atoms with Crippen LogP contribution in [0.1, 0.15) is 49.7 Å². The van der Waals surface area contributed by atoms with Gasteiger partial charge in [0.05, 0.1) is 12.1 Å². The van der Waals surface area contributed by atoms with E-state index in [0.29, 0.717) is 18.4 Å². The van der Waals surface area contributed by atoms with Crippen molar-refractivity contribution in [3.05, 3.63) is 35.1 Å². The number of carbonyl (C=O) groups is 2. The first-order valence-corrected chi connectivity index (χ1v) is 8.64. The van der Waals surface area contributed by atoms with Crippen molar-refractivity contribution in [2.45, 2.75) is 51.2 Å². The Kier molecular flexibility index (Phi) is 6.99. The number of halogens is 4. The van der Waals surface area contributed by atoms with Gasteiger partial charge in [-0.15, -0.1) is 0 Å². The molecule has 0 bridgehead atoms. The van der Waals surface area contributed by atoms with Crippen LogP contribution < -0.4 is 10.6 Å². The zero-order valence-corrected chi connectivity index (χ0v) is 14.3. The summed E-state index contributed by atoms with van der Waals surface area (Å²) in [6.07, 6.45) is 1.06. The zero-order valence-electron chi connectivity index (χ0n) is 14.3. The molecule has 0 aliphatic heterocycles. The maximum absolute atomic E-state index is 13.0. The molecule has 0 unspecified atom stereocenters. The van der Waals surface area contributed by atoms with Crippen molar-refractivity contribution >= 4 is 11.8 Å². The average molecular weight is 374 g/mol. The number of benzene rings is 1. The molecule has 2 amide bonds. The standard InChI is InChI=1S/C18H22F4N2O2/c19-14-7-6-13(15(9-14)18(20,21)22)10-23-17(26)11-24-16(25)8-12-4-2-1-3-5-12/h6-7,9,12H,1-5,8,10-11H2,(H,23,26)(H,24,25). The van der Waals surface area contributed by atoms with Gasteiger partial charge in [0.15, 0.2) is 0 Å². The summed E-state index contributed by atoms with van der Waals surface area (Å²) in [5.41, 5.74) is -1.36. The molecule has 0 heterocycles. The predicted molar refractivity (Wildman–Crippen MR) is 87.5 cm³/mol. The average Bonchev–Trinajstić information content (AvgIpc) is 2.59. The van der Waals surface area contributed by atoms with E-state index in [-0.39, 0.29) is 18.0 Å². The Hall–Kier alpha value is -2.12. The largest absolute Gasteiger partial charge is 0.416 e. The van der Waals surface area contributed by atoms with Gasteiger partial charge in [-0.05, 0) is 36.5 Å². The van der Waals surface area contributed by atoms with Gasteiger partial charge < -0.3 is 10.6 Å². The molecule has 1 fully saturated rings. The molecule has 1 aliphatic rings. The van der Waals surface area contributed by atoms with Crippen molar-refractivity contribution in [3.8, 4) is 0 Å². The van der Waals surface area contributed by atoms with E-state index in [1.54, 1.807) is 0 Å². The predicted octanol–water partition coefficient (Wildman–Crippen LogP) is 3.55. The van der Waals surface area contributed by atoms with E-state index in [1.165, 1.54) is 6.42 Å². The van der Waals surface area contributed by atoms with Crippen LogP contribution in [0.4, 0.5) is 17.6 Å². The Morgan fingerprint density at radius 1 is 1.04 bits per heavy atom.